The van der Waals surface area contributed by atoms with Gasteiger partial charge in [0.05, 0.1) is 13.7 Å². The lowest BCUT2D eigenvalue weighted by atomic mass is 10.2. The van der Waals surface area contributed by atoms with Crippen molar-refractivity contribution in [2.45, 2.75) is 19.9 Å². The van der Waals surface area contributed by atoms with Gasteiger partial charge in [0.1, 0.15) is 6.04 Å². The van der Waals surface area contributed by atoms with Gasteiger partial charge in [-0.2, -0.15) is 0 Å². The molecule has 90 valence electrons. The summed E-state index contributed by atoms with van der Waals surface area (Å²) >= 11 is 0. The summed E-state index contributed by atoms with van der Waals surface area (Å²) in [6, 6.07) is -0.830. The summed E-state index contributed by atoms with van der Waals surface area (Å²) in [4.78, 5) is 28.2. The van der Waals surface area contributed by atoms with Crippen LogP contribution in [-0.2, 0) is 9.63 Å². The second-order valence-corrected chi connectivity index (χ2v) is 3.03. The van der Waals surface area contributed by atoms with E-state index in [2.05, 4.69) is 11.8 Å². The third kappa shape index (κ3) is 3.79. The van der Waals surface area contributed by atoms with Crippen LogP contribution in [0.3, 0.4) is 0 Å². The number of amides is 2. The Morgan fingerprint density at radius 1 is 1.50 bits per heavy atom. The lowest BCUT2D eigenvalue weighted by Crippen LogP contribution is -2.47. The Bertz CT molecular complexity index is 319. The zero-order valence-electron chi connectivity index (χ0n) is 9.85. The van der Waals surface area contributed by atoms with Gasteiger partial charge in [-0.3, -0.25) is 14.5 Å². The van der Waals surface area contributed by atoms with Gasteiger partial charge in [-0.15, -0.1) is 5.92 Å². The maximum Gasteiger partial charge on any atom is 0.408 e. The van der Waals surface area contributed by atoms with Crippen molar-refractivity contribution in [3.05, 3.63) is 0 Å². The van der Waals surface area contributed by atoms with E-state index in [1.807, 2.05) is 0 Å². The van der Waals surface area contributed by atoms with Crippen molar-refractivity contribution < 1.29 is 19.5 Å². The van der Waals surface area contributed by atoms with Crippen LogP contribution in [0.4, 0.5) is 4.79 Å². The maximum atomic E-state index is 11.6. The first-order valence-corrected chi connectivity index (χ1v) is 4.66. The quantitative estimate of drug-likeness (QED) is 0.558. The molecular formula is C10H16N2O4. The fourth-order valence-electron chi connectivity index (χ4n) is 1.02. The number of carbonyl (C=O) groups excluding carboxylic acids is 1. The van der Waals surface area contributed by atoms with E-state index in [1.165, 1.54) is 21.1 Å². The van der Waals surface area contributed by atoms with E-state index in [0.717, 1.165) is 9.96 Å². The summed E-state index contributed by atoms with van der Waals surface area (Å²) in [5.74, 6) is 4.74. The lowest BCUT2D eigenvalue weighted by molar-refractivity contribution is -0.173. The highest BCUT2D eigenvalue weighted by molar-refractivity contribution is 5.84. The fourth-order valence-corrected chi connectivity index (χ4v) is 1.02. The van der Waals surface area contributed by atoms with Crippen molar-refractivity contribution in [1.29, 1.82) is 0 Å². The molecule has 0 aliphatic heterocycles. The molecule has 16 heavy (non-hydrogen) atoms. The van der Waals surface area contributed by atoms with E-state index in [9.17, 15) is 9.59 Å². The molecule has 0 aromatic carbocycles. The normalized spacial score (nSPS) is 11.0. The second kappa shape index (κ2) is 6.69. The van der Waals surface area contributed by atoms with Crippen molar-refractivity contribution in [3.8, 4) is 11.8 Å². The molecule has 6 heteroatoms. The molecule has 0 rings (SSSR count). The van der Waals surface area contributed by atoms with Gasteiger partial charge in [0.15, 0.2) is 0 Å². The second-order valence-electron chi connectivity index (χ2n) is 3.03. The van der Waals surface area contributed by atoms with Gasteiger partial charge in [0.25, 0.3) is 5.91 Å². The first kappa shape index (κ1) is 14.3. The average Bonchev–Trinajstić information content (AvgIpc) is 2.26. The standard InChI is InChI=1S/C10H16N2O4/c1-5-6-7-12(10(14)15)8(2)9(13)11(3)16-4/h8H,7H2,1-4H3,(H,14,15)/t8-/m1/s1. The first-order valence-electron chi connectivity index (χ1n) is 4.66. The zero-order chi connectivity index (χ0) is 12.7. The number of hydroxylamine groups is 2. The van der Waals surface area contributed by atoms with Gasteiger partial charge in [-0.05, 0) is 13.8 Å². The van der Waals surface area contributed by atoms with Crippen LogP contribution in [0.1, 0.15) is 13.8 Å². The third-order valence-corrected chi connectivity index (χ3v) is 2.08. The van der Waals surface area contributed by atoms with Gasteiger partial charge >= 0.3 is 6.09 Å². The Labute approximate surface area is 94.7 Å². The van der Waals surface area contributed by atoms with Crippen LogP contribution in [-0.4, -0.2) is 53.8 Å². The molecule has 0 heterocycles. The molecule has 0 aromatic rings. The predicted molar refractivity (Wildman–Crippen MR) is 57.4 cm³/mol. The van der Waals surface area contributed by atoms with Crippen molar-refractivity contribution >= 4 is 12.0 Å². The molecule has 2 amide bonds. The molecular weight excluding hydrogens is 212 g/mol. The maximum absolute atomic E-state index is 11.6. The summed E-state index contributed by atoms with van der Waals surface area (Å²) in [5, 5.41) is 9.91. The Morgan fingerprint density at radius 2 is 2.06 bits per heavy atom. The van der Waals surface area contributed by atoms with Crippen LogP contribution in [0.15, 0.2) is 0 Å². The SMILES string of the molecule is CC#CCN(C(=O)O)[C@H](C)C(=O)N(C)OC. The van der Waals surface area contributed by atoms with Gasteiger partial charge in [-0.25, -0.2) is 9.86 Å². The van der Waals surface area contributed by atoms with E-state index < -0.39 is 18.0 Å². The minimum atomic E-state index is -1.19. The Kier molecular flexibility index (Phi) is 5.96. The molecule has 0 saturated heterocycles. The van der Waals surface area contributed by atoms with Crippen LogP contribution in [0.5, 0.6) is 0 Å². The molecule has 1 atom stereocenters. The molecule has 0 aliphatic rings. The van der Waals surface area contributed by atoms with E-state index in [4.69, 9.17) is 9.94 Å². The number of rotatable bonds is 4. The van der Waals surface area contributed by atoms with Gasteiger partial charge in [0, 0.05) is 7.05 Å². The number of hydrogen-bond donors (Lipinski definition) is 1. The number of hydrogen-bond acceptors (Lipinski definition) is 3. The summed E-state index contributed by atoms with van der Waals surface area (Å²) in [6.07, 6.45) is -1.19. The molecule has 0 saturated carbocycles. The highest BCUT2D eigenvalue weighted by atomic mass is 16.7. The van der Waals surface area contributed by atoms with Crippen LogP contribution in [0, 0.1) is 11.8 Å². The van der Waals surface area contributed by atoms with E-state index in [1.54, 1.807) is 6.92 Å². The minimum absolute atomic E-state index is 0.00368. The molecule has 6 nitrogen and oxygen atoms in total. The number of carboxylic acid groups (broad SMARTS) is 1. The molecule has 0 bridgehead atoms. The largest absolute Gasteiger partial charge is 0.465 e. The molecule has 0 unspecified atom stereocenters. The zero-order valence-corrected chi connectivity index (χ0v) is 9.85. The Balaban J connectivity index is 4.71. The van der Waals surface area contributed by atoms with Gasteiger partial charge < -0.3 is 5.11 Å². The van der Waals surface area contributed by atoms with Gasteiger partial charge in [0.2, 0.25) is 0 Å². The van der Waals surface area contributed by atoms with Crippen molar-refractivity contribution in [3.63, 3.8) is 0 Å². The molecule has 1 N–H and O–H groups in total. The van der Waals surface area contributed by atoms with E-state index in [-0.39, 0.29) is 6.54 Å². The molecule has 0 spiro atoms. The highest BCUT2D eigenvalue weighted by Gasteiger charge is 2.27. The van der Waals surface area contributed by atoms with Crippen molar-refractivity contribution in [2.24, 2.45) is 0 Å². The average molecular weight is 228 g/mol. The topological polar surface area (TPSA) is 70.1 Å². The lowest BCUT2D eigenvalue weighted by Gasteiger charge is -2.26. The van der Waals surface area contributed by atoms with Gasteiger partial charge in [-0.1, -0.05) is 5.92 Å². The monoisotopic (exact) mass is 228 g/mol. The Morgan fingerprint density at radius 3 is 2.44 bits per heavy atom. The molecule has 0 aliphatic carbocycles. The summed E-state index contributed by atoms with van der Waals surface area (Å²) in [7, 11) is 2.76. The van der Waals surface area contributed by atoms with Crippen molar-refractivity contribution in [1.82, 2.24) is 9.96 Å². The molecule has 0 fully saturated rings. The van der Waals surface area contributed by atoms with Crippen LogP contribution in [0.2, 0.25) is 0 Å². The van der Waals surface area contributed by atoms with Crippen LogP contribution >= 0.6 is 0 Å². The van der Waals surface area contributed by atoms with Crippen LogP contribution in [0.25, 0.3) is 0 Å². The smallest absolute Gasteiger partial charge is 0.408 e. The first-order chi connectivity index (χ1) is 7.45. The fraction of sp³-hybridized carbons (Fsp3) is 0.600. The van der Waals surface area contributed by atoms with Crippen LogP contribution < -0.4 is 0 Å². The summed E-state index contributed by atoms with van der Waals surface area (Å²) < 4.78 is 0. The molecule has 0 radical (unpaired) electrons. The van der Waals surface area contributed by atoms with E-state index in [0.29, 0.717) is 0 Å². The summed E-state index contributed by atoms with van der Waals surface area (Å²) in [6.45, 7) is 3.09. The number of carbonyl (C=O) groups is 2. The number of likely N-dealkylation sites (N-methyl/N-ethyl adjacent to an activating group) is 1. The van der Waals surface area contributed by atoms with Crippen molar-refractivity contribution in [2.75, 3.05) is 20.7 Å². The number of nitrogens with zero attached hydrogens (tertiary/aromatic N) is 2. The summed E-state index contributed by atoms with van der Waals surface area (Å²) in [5.41, 5.74) is 0. The molecule has 0 aromatic heterocycles. The third-order valence-electron chi connectivity index (χ3n) is 2.08. The predicted octanol–water partition coefficient (Wildman–Crippen LogP) is 0.398. The highest BCUT2D eigenvalue weighted by Crippen LogP contribution is 2.03. The minimum Gasteiger partial charge on any atom is -0.465 e. The Hall–Kier alpha value is -1.74. The van der Waals surface area contributed by atoms with E-state index >= 15 is 0 Å².